The van der Waals surface area contributed by atoms with E-state index in [0.717, 1.165) is 5.56 Å². The smallest absolute Gasteiger partial charge is 0.322 e. The van der Waals surface area contributed by atoms with Gasteiger partial charge >= 0.3 is 6.03 Å². The number of hydrogen-bond donors (Lipinski definition) is 3. The Labute approximate surface area is 104 Å². The van der Waals surface area contributed by atoms with Gasteiger partial charge in [-0.15, -0.1) is 0 Å². The van der Waals surface area contributed by atoms with Crippen LogP contribution in [0.25, 0.3) is 0 Å². The normalized spacial score (nSPS) is 18.2. The lowest BCUT2D eigenvalue weighted by molar-refractivity contribution is -0.120. The summed E-state index contributed by atoms with van der Waals surface area (Å²) in [6, 6.07) is 5.92. The van der Waals surface area contributed by atoms with Gasteiger partial charge in [0.05, 0.1) is 0 Å². The average Bonchev–Trinajstić information content (AvgIpc) is 2.65. The van der Waals surface area contributed by atoms with Gasteiger partial charge in [0, 0.05) is 12.1 Å². The van der Waals surface area contributed by atoms with Crippen molar-refractivity contribution in [2.75, 3.05) is 6.54 Å². The highest BCUT2D eigenvalue weighted by Gasteiger charge is 2.29. The molecule has 1 aromatic rings. The van der Waals surface area contributed by atoms with Gasteiger partial charge in [-0.05, 0) is 18.6 Å². The second-order valence-corrected chi connectivity index (χ2v) is 4.04. The van der Waals surface area contributed by atoms with Crippen LogP contribution in [0.5, 0.6) is 0 Å². The molecule has 1 aromatic carbocycles. The van der Waals surface area contributed by atoms with Crippen molar-refractivity contribution < 1.29 is 14.4 Å². The van der Waals surface area contributed by atoms with Gasteiger partial charge in [0.25, 0.3) is 11.8 Å². The number of carbonyl (C=O) groups excluding carboxylic acids is 3. The number of aryl methyl sites for hydroxylation is 1. The number of carbonyl (C=O) groups is 3. The standard InChI is InChI=1S/C12H13N3O3/c1-7-4-2-3-5-8(7)10(16)13-6-9-11(17)15-12(18)14-9/h2-5,9H,6H2,1H3,(H,13,16)(H2,14,15,17,18). The van der Waals surface area contributed by atoms with Gasteiger partial charge in [-0.3, -0.25) is 14.9 Å². The molecule has 1 fully saturated rings. The third kappa shape index (κ3) is 2.48. The maximum atomic E-state index is 11.9. The molecule has 0 radical (unpaired) electrons. The molecule has 6 nitrogen and oxygen atoms in total. The molecule has 1 aliphatic rings. The maximum Gasteiger partial charge on any atom is 0.322 e. The Hall–Kier alpha value is -2.37. The molecule has 1 atom stereocenters. The molecule has 1 aliphatic heterocycles. The van der Waals surface area contributed by atoms with Gasteiger partial charge < -0.3 is 10.6 Å². The van der Waals surface area contributed by atoms with E-state index in [-0.39, 0.29) is 12.5 Å². The topological polar surface area (TPSA) is 87.3 Å². The zero-order valence-electron chi connectivity index (χ0n) is 9.82. The van der Waals surface area contributed by atoms with E-state index in [2.05, 4.69) is 16.0 Å². The van der Waals surface area contributed by atoms with Crippen molar-refractivity contribution in [3.8, 4) is 0 Å². The number of imide groups is 1. The van der Waals surface area contributed by atoms with E-state index in [9.17, 15) is 14.4 Å². The molecule has 1 unspecified atom stereocenters. The summed E-state index contributed by atoms with van der Waals surface area (Å²) in [7, 11) is 0. The van der Waals surface area contributed by atoms with Crippen LogP contribution in [0.4, 0.5) is 4.79 Å². The molecule has 0 saturated carbocycles. The van der Waals surface area contributed by atoms with Crippen LogP contribution in [0.1, 0.15) is 15.9 Å². The predicted octanol–water partition coefficient (Wildman–Crippen LogP) is -0.0672. The first kappa shape index (κ1) is 12.1. The maximum absolute atomic E-state index is 11.9. The minimum atomic E-state index is -0.703. The van der Waals surface area contributed by atoms with Crippen molar-refractivity contribution >= 4 is 17.8 Å². The second-order valence-electron chi connectivity index (χ2n) is 4.04. The van der Waals surface area contributed by atoms with Gasteiger partial charge in [0.2, 0.25) is 0 Å². The van der Waals surface area contributed by atoms with Crippen LogP contribution in [0.2, 0.25) is 0 Å². The van der Waals surface area contributed by atoms with E-state index in [4.69, 9.17) is 0 Å². The molecule has 94 valence electrons. The summed E-state index contributed by atoms with van der Waals surface area (Å²) < 4.78 is 0. The van der Waals surface area contributed by atoms with E-state index >= 15 is 0 Å². The second kappa shape index (κ2) is 4.87. The van der Waals surface area contributed by atoms with Gasteiger partial charge in [-0.2, -0.15) is 0 Å². The van der Waals surface area contributed by atoms with Gasteiger partial charge in [-0.25, -0.2) is 4.79 Å². The van der Waals surface area contributed by atoms with Crippen molar-refractivity contribution in [2.24, 2.45) is 0 Å². The fourth-order valence-corrected chi connectivity index (χ4v) is 1.72. The van der Waals surface area contributed by atoms with Crippen LogP contribution in [-0.4, -0.2) is 30.4 Å². The average molecular weight is 247 g/mol. The number of benzene rings is 1. The summed E-state index contributed by atoms with van der Waals surface area (Å²) in [5.74, 6) is -0.688. The Kier molecular flexibility index (Phi) is 3.27. The first-order chi connectivity index (χ1) is 8.58. The van der Waals surface area contributed by atoms with Crippen LogP contribution in [0, 0.1) is 6.92 Å². The van der Waals surface area contributed by atoms with E-state index in [1.54, 1.807) is 12.1 Å². The summed E-state index contributed by atoms with van der Waals surface area (Å²) in [5.41, 5.74) is 1.41. The zero-order valence-corrected chi connectivity index (χ0v) is 9.82. The molecular weight excluding hydrogens is 234 g/mol. The molecular formula is C12H13N3O3. The highest BCUT2D eigenvalue weighted by molar-refractivity contribution is 6.04. The van der Waals surface area contributed by atoms with Crippen LogP contribution >= 0.6 is 0 Å². The summed E-state index contributed by atoms with van der Waals surface area (Å²) in [5, 5.41) is 7.13. The van der Waals surface area contributed by atoms with Crippen molar-refractivity contribution in [3.63, 3.8) is 0 Å². The Bertz CT molecular complexity index is 513. The van der Waals surface area contributed by atoms with Crippen LogP contribution in [0.15, 0.2) is 24.3 Å². The number of rotatable bonds is 3. The number of nitrogens with one attached hydrogen (secondary N) is 3. The molecule has 0 spiro atoms. The molecule has 1 heterocycles. The van der Waals surface area contributed by atoms with Crippen molar-refractivity contribution in [2.45, 2.75) is 13.0 Å². The van der Waals surface area contributed by atoms with E-state index in [0.29, 0.717) is 5.56 Å². The lowest BCUT2D eigenvalue weighted by Crippen LogP contribution is -2.41. The molecule has 0 bridgehead atoms. The van der Waals surface area contributed by atoms with E-state index < -0.39 is 18.0 Å². The third-order valence-electron chi connectivity index (χ3n) is 2.71. The molecule has 0 aliphatic carbocycles. The van der Waals surface area contributed by atoms with Crippen molar-refractivity contribution in [1.29, 1.82) is 0 Å². The lowest BCUT2D eigenvalue weighted by atomic mass is 10.1. The van der Waals surface area contributed by atoms with Gasteiger partial charge in [0.15, 0.2) is 0 Å². The molecule has 1 saturated heterocycles. The molecule has 0 aromatic heterocycles. The van der Waals surface area contributed by atoms with Crippen molar-refractivity contribution in [1.82, 2.24) is 16.0 Å². The summed E-state index contributed by atoms with van der Waals surface area (Å²) in [6.45, 7) is 1.91. The monoisotopic (exact) mass is 247 g/mol. The highest BCUT2D eigenvalue weighted by atomic mass is 16.2. The van der Waals surface area contributed by atoms with Gasteiger partial charge in [0.1, 0.15) is 6.04 Å². The Balaban J connectivity index is 1.95. The zero-order chi connectivity index (χ0) is 13.1. The highest BCUT2D eigenvalue weighted by Crippen LogP contribution is 2.06. The quantitative estimate of drug-likeness (QED) is 0.653. The fraction of sp³-hybridized carbons (Fsp3) is 0.250. The number of amides is 4. The van der Waals surface area contributed by atoms with E-state index in [1.807, 2.05) is 19.1 Å². The van der Waals surface area contributed by atoms with Crippen LogP contribution < -0.4 is 16.0 Å². The van der Waals surface area contributed by atoms with Crippen LogP contribution in [0.3, 0.4) is 0 Å². The molecule has 2 rings (SSSR count). The fourth-order valence-electron chi connectivity index (χ4n) is 1.72. The first-order valence-electron chi connectivity index (χ1n) is 5.53. The Morgan fingerprint density at radius 3 is 2.67 bits per heavy atom. The third-order valence-corrected chi connectivity index (χ3v) is 2.71. The summed E-state index contributed by atoms with van der Waals surface area (Å²) >= 11 is 0. The predicted molar refractivity (Wildman–Crippen MR) is 64.0 cm³/mol. The summed E-state index contributed by atoms with van der Waals surface area (Å²) in [6.07, 6.45) is 0. The summed E-state index contributed by atoms with van der Waals surface area (Å²) in [4.78, 5) is 34.0. The van der Waals surface area contributed by atoms with Crippen molar-refractivity contribution in [3.05, 3.63) is 35.4 Å². The molecule has 18 heavy (non-hydrogen) atoms. The van der Waals surface area contributed by atoms with E-state index in [1.165, 1.54) is 0 Å². The number of hydrogen-bond acceptors (Lipinski definition) is 3. The Morgan fingerprint density at radius 1 is 1.33 bits per heavy atom. The van der Waals surface area contributed by atoms with Gasteiger partial charge in [-0.1, -0.05) is 18.2 Å². The minimum absolute atomic E-state index is 0.0741. The van der Waals surface area contributed by atoms with Crippen LogP contribution in [-0.2, 0) is 4.79 Å². The SMILES string of the molecule is Cc1ccccc1C(=O)NCC1NC(=O)NC1=O. The number of urea groups is 1. The molecule has 6 heteroatoms. The largest absolute Gasteiger partial charge is 0.349 e. The lowest BCUT2D eigenvalue weighted by Gasteiger charge is -2.10. The Morgan fingerprint density at radius 2 is 2.06 bits per heavy atom. The molecule has 3 N–H and O–H groups in total. The molecule has 4 amide bonds. The minimum Gasteiger partial charge on any atom is -0.349 e. The first-order valence-corrected chi connectivity index (χ1v) is 5.53.